The van der Waals surface area contributed by atoms with Crippen molar-refractivity contribution >= 4 is 21.6 Å². The van der Waals surface area contributed by atoms with Crippen molar-refractivity contribution in [3.63, 3.8) is 0 Å². The lowest BCUT2D eigenvalue weighted by Gasteiger charge is -2.23. The minimum atomic E-state index is -3.39. The SMILES string of the molecule is CCCS(=O)(=O)N1CCCC1C(=O)Nc1ccc(Oc2ccccc2)cc1. The molecule has 0 spiro atoms. The summed E-state index contributed by atoms with van der Waals surface area (Å²) in [5.74, 6) is 1.18. The number of benzene rings is 2. The van der Waals surface area contributed by atoms with Crippen LogP contribution in [0.1, 0.15) is 26.2 Å². The quantitative estimate of drug-likeness (QED) is 0.786. The Balaban J connectivity index is 1.63. The Hall–Kier alpha value is -2.38. The molecule has 2 aromatic rings. The van der Waals surface area contributed by atoms with Crippen molar-refractivity contribution in [2.24, 2.45) is 0 Å². The maximum absolute atomic E-state index is 12.6. The molecule has 27 heavy (non-hydrogen) atoms. The molecule has 2 aromatic carbocycles. The highest BCUT2D eigenvalue weighted by atomic mass is 32.2. The molecule has 7 heteroatoms. The van der Waals surface area contributed by atoms with Crippen LogP contribution < -0.4 is 10.1 Å². The second-order valence-corrected chi connectivity index (χ2v) is 8.55. The zero-order valence-corrected chi connectivity index (χ0v) is 16.1. The number of hydrogen-bond acceptors (Lipinski definition) is 4. The largest absolute Gasteiger partial charge is 0.457 e. The summed E-state index contributed by atoms with van der Waals surface area (Å²) in [6, 6.07) is 15.8. The lowest BCUT2D eigenvalue weighted by atomic mass is 10.2. The molecule has 1 fully saturated rings. The third kappa shape index (κ3) is 4.87. The van der Waals surface area contributed by atoms with Crippen LogP contribution in [0.5, 0.6) is 11.5 Å². The van der Waals surface area contributed by atoms with Gasteiger partial charge in [-0.25, -0.2) is 8.42 Å². The molecular weight excluding hydrogens is 364 g/mol. The molecule has 1 aliphatic rings. The standard InChI is InChI=1S/C20H24N2O4S/c1-2-15-27(24,25)22-14-6-9-19(22)20(23)21-16-10-12-18(13-11-16)26-17-7-4-3-5-8-17/h3-5,7-8,10-13,19H,2,6,9,14-15H2,1H3,(H,21,23). The van der Waals surface area contributed by atoms with Crippen molar-refractivity contribution in [1.82, 2.24) is 4.31 Å². The second kappa shape index (κ2) is 8.54. The van der Waals surface area contributed by atoms with Crippen LogP contribution in [0.4, 0.5) is 5.69 Å². The van der Waals surface area contributed by atoms with E-state index in [-0.39, 0.29) is 11.7 Å². The summed E-state index contributed by atoms with van der Waals surface area (Å²) >= 11 is 0. The van der Waals surface area contributed by atoms with E-state index in [4.69, 9.17) is 4.74 Å². The average molecular weight is 388 g/mol. The lowest BCUT2D eigenvalue weighted by molar-refractivity contribution is -0.119. The van der Waals surface area contributed by atoms with Crippen LogP contribution in [0, 0.1) is 0 Å². The van der Waals surface area contributed by atoms with E-state index in [9.17, 15) is 13.2 Å². The fourth-order valence-electron chi connectivity index (χ4n) is 3.17. The highest BCUT2D eigenvalue weighted by Gasteiger charge is 2.38. The highest BCUT2D eigenvalue weighted by Crippen LogP contribution is 2.25. The maximum Gasteiger partial charge on any atom is 0.242 e. The Labute approximate surface area is 160 Å². The molecule has 6 nitrogen and oxygen atoms in total. The molecule has 1 unspecified atom stereocenters. The number of anilines is 1. The molecule has 0 saturated carbocycles. The van der Waals surface area contributed by atoms with E-state index in [0.717, 1.165) is 5.75 Å². The van der Waals surface area contributed by atoms with E-state index < -0.39 is 16.1 Å². The minimum absolute atomic E-state index is 0.0717. The van der Waals surface area contributed by atoms with Gasteiger partial charge in [0.15, 0.2) is 0 Å². The summed E-state index contributed by atoms with van der Waals surface area (Å²) < 4.78 is 31.8. The number of hydrogen-bond donors (Lipinski definition) is 1. The second-order valence-electron chi connectivity index (χ2n) is 6.51. The summed E-state index contributed by atoms with van der Waals surface area (Å²) in [4.78, 5) is 12.6. The molecule has 1 N–H and O–H groups in total. The predicted molar refractivity (Wildman–Crippen MR) is 105 cm³/mol. The van der Waals surface area contributed by atoms with Gasteiger partial charge in [0, 0.05) is 12.2 Å². The molecule has 3 rings (SSSR count). The Morgan fingerprint density at radius 1 is 1.11 bits per heavy atom. The predicted octanol–water partition coefficient (Wildman–Crippen LogP) is 3.62. The van der Waals surface area contributed by atoms with Crippen LogP contribution in [0.15, 0.2) is 54.6 Å². The van der Waals surface area contributed by atoms with E-state index in [1.165, 1.54) is 4.31 Å². The monoisotopic (exact) mass is 388 g/mol. The number of sulfonamides is 1. The van der Waals surface area contributed by atoms with E-state index in [2.05, 4.69) is 5.32 Å². The normalized spacial score (nSPS) is 17.6. The number of carbonyl (C=O) groups excluding carboxylic acids is 1. The fraction of sp³-hybridized carbons (Fsp3) is 0.350. The van der Waals surface area contributed by atoms with Crippen molar-refractivity contribution in [2.45, 2.75) is 32.2 Å². The number of para-hydroxylation sites is 1. The van der Waals surface area contributed by atoms with Crippen LogP contribution in [-0.4, -0.2) is 37.0 Å². The van der Waals surface area contributed by atoms with E-state index >= 15 is 0 Å². The van der Waals surface area contributed by atoms with Gasteiger partial charge in [0.2, 0.25) is 15.9 Å². The number of nitrogens with zero attached hydrogens (tertiary/aromatic N) is 1. The number of rotatable bonds is 7. The van der Waals surface area contributed by atoms with Gasteiger partial charge in [-0.1, -0.05) is 25.1 Å². The fourth-order valence-corrected chi connectivity index (χ4v) is 4.91. The third-order valence-electron chi connectivity index (χ3n) is 4.43. The summed E-state index contributed by atoms with van der Waals surface area (Å²) in [7, 11) is -3.39. The van der Waals surface area contributed by atoms with Crippen LogP contribution in [0.2, 0.25) is 0 Å². The topological polar surface area (TPSA) is 75.7 Å². The molecule has 1 heterocycles. The number of ether oxygens (including phenoxy) is 1. The minimum Gasteiger partial charge on any atom is -0.457 e. The highest BCUT2D eigenvalue weighted by molar-refractivity contribution is 7.89. The molecule has 0 aliphatic carbocycles. The number of carbonyl (C=O) groups is 1. The number of amides is 1. The van der Waals surface area contributed by atoms with Crippen molar-refractivity contribution in [3.8, 4) is 11.5 Å². The van der Waals surface area contributed by atoms with E-state index in [1.807, 2.05) is 37.3 Å². The molecule has 0 radical (unpaired) electrons. The smallest absolute Gasteiger partial charge is 0.242 e. The molecule has 1 aliphatic heterocycles. The van der Waals surface area contributed by atoms with Gasteiger partial charge in [0.05, 0.1) is 5.75 Å². The van der Waals surface area contributed by atoms with Gasteiger partial charge in [-0.3, -0.25) is 4.79 Å². The van der Waals surface area contributed by atoms with Gasteiger partial charge >= 0.3 is 0 Å². The van der Waals surface area contributed by atoms with E-state index in [0.29, 0.717) is 37.2 Å². The summed E-state index contributed by atoms with van der Waals surface area (Å²) in [6.07, 6.45) is 1.78. The van der Waals surface area contributed by atoms with Gasteiger partial charge in [0.1, 0.15) is 17.5 Å². The first-order valence-corrected chi connectivity index (χ1v) is 10.7. The van der Waals surface area contributed by atoms with Gasteiger partial charge in [-0.2, -0.15) is 4.31 Å². The van der Waals surface area contributed by atoms with Gasteiger partial charge in [-0.05, 0) is 55.7 Å². The zero-order valence-electron chi connectivity index (χ0n) is 15.3. The molecule has 1 atom stereocenters. The molecule has 1 amide bonds. The first-order chi connectivity index (χ1) is 13.0. The van der Waals surface area contributed by atoms with Crippen molar-refractivity contribution in [2.75, 3.05) is 17.6 Å². The molecule has 144 valence electrons. The Morgan fingerprint density at radius 2 is 1.78 bits per heavy atom. The zero-order chi connectivity index (χ0) is 19.3. The van der Waals surface area contributed by atoms with Crippen molar-refractivity contribution < 1.29 is 17.9 Å². The number of nitrogens with one attached hydrogen (secondary N) is 1. The van der Waals surface area contributed by atoms with Crippen molar-refractivity contribution in [3.05, 3.63) is 54.6 Å². The first-order valence-electron chi connectivity index (χ1n) is 9.13. The van der Waals surface area contributed by atoms with Crippen LogP contribution in [-0.2, 0) is 14.8 Å². The van der Waals surface area contributed by atoms with Crippen LogP contribution in [0.3, 0.4) is 0 Å². The summed E-state index contributed by atoms with van der Waals surface area (Å²) in [6.45, 7) is 2.23. The average Bonchev–Trinajstić information content (AvgIpc) is 3.15. The van der Waals surface area contributed by atoms with Gasteiger partial charge in [0.25, 0.3) is 0 Å². The summed E-state index contributed by atoms with van der Waals surface area (Å²) in [5, 5.41) is 2.82. The van der Waals surface area contributed by atoms with Crippen molar-refractivity contribution in [1.29, 1.82) is 0 Å². The molecule has 1 saturated heterocycles. The Kier molecular flexibility index (Phi) is 6.13. The lowest BCUT2D eigenvalue weighted by Crippen LogP contribution is -2.44. The van der Waals surface area contributed by atoms with Crippen LogP contribution in [0.25, 0.3) is 0 Å². The van der Waals surface area contributed by atoms with Gasteiger partial charge < -0.3 is 10.1 Å². The Bertz CT molecular complexity index is 867. The maximum atomic E-state index is 12.6. The third-order valence-corrected chi connectivity index (χ3v) is 6.50. The molecular formula is C20H24N2O4S. The van der Waals surface area contributed by atoms with Gasteiger partial charge in [-0.15, -0.1) is 0 Å². The Morgan fingerprint density at radius 3 is 2.44 bits per heavy atom. The summed E-state index contributed by atoms with van der Waals surface area (Å²) in [5.41, 5.74) is 0.611. The van der Waals surface area contributed by atoms with E-state index in [1.54, 1.807) is 24.3 Å². The molecule has 0 aromatic heterocycles. The molecule has 0 bridgehead atoms. The first kappa shape index (κ1) is 19.4. The van der Waals surface area contributed by atoms with Crippen LogP contribution >= 0.6 is 0 Å².